The molecule has 24 heavy (non-hydrogen) atoms. The summed E-state index contributed by atoms with van der Waals surface area (Å²) in [4.78, 5) is 11.4. The lowest BCUT2D eigenvalue weighted by atomic mass is 10.9. The summed E-state index contributed by atoms with van der Waals surface area (Å²) in [5.74, 6) is 0. The molecule has 0 saturated carbocycles. The van der Waals surface area contributed by atoms with E-state index in [1.54, 1.807) is 6.92 Å². The highest BCUT2D eigenvalue weighted by molar-refractivity contribution is 6.94. The number of ether oxygens (including phenoxy) is 2. The van der Waals surface area contributed by atoms with Crippen molar-refractivity contribution >= 4 is 30.4 Å². The molecule has 0 amide bonds. The third-order valence-electron chi connectivity index (χ3n) is 4.70. The van der Waals surface area contributed by atoms with Gasteiger partial charge in [-0.2, -0.15) is 0 Å². The van der Waals surface area contributed by atoms with Gasteiger partial charge in [-0.25, -0.2) is 4.79 Å². The Hall–Kier alpha value is -0.859. The number of carbonyl (C=O) groups is 1. The van der Waals surface area contributed by atoms with Crippen LogP contribution in [0.3, 0.4) is 0 Å². The van der Waals surface area contributed by atoms with Crippen LogP contribution in [0.4, 0.5) is 4.79 Å². The molecule has 0 aromatic rings. The van der Waals surface area contributed by atoms with E-state index in [2.05, 4.69) is 63.0 Å². The fourth-order valence-electron chi connectivity index (χ4n) is 2.40. The van der Waals surface area contributed by atoms with Gasteiger partial charge in [0, 0.05) is 8.07 Å². The highest BCUT2D eigenvalue weighted by Crippen LogP contribution is 2.28. The van der Waals surface area contributed by atoms with Crippen molar-refractivity contribution in [3.8, 4) is 0 Å². The van der Waals surface area contributed by atoms with Gasteiger partial charge in [0.15, 0.2) is 0 Å². The van der Waals surface area contributed by atoms with E-state index in [1.807, 2.05) is 0 Å². The van der Waals surface area contributed by atoms with Crippen LogP contribution in [0.15, 0.2) is 36.8 Å². The van der Waals surface area contributed by atoms with E-state index in [1.165, 1.54) is 24.2 Å². The fraction of sp³-hybridized carbons (Fsp3) is 0.611. The number of hydrogen-bond donors (Lipinski definition) is 0. The molecule has 0 bridgehead atoms. The Morgan fingerprint density at radius 1 is 0.833 bits per heavy atom. The maximum Gasteiger partial charge on any atom is 0.507 e. The van der Waals surface area contributed by atoms with E-state index in [0.717, 1.165) is 0 Å². The Morgan fingerprint density at radius 2 is 1.29 bits per heavy atom. The van der Waals surface area contributed by atoms with Gasteiger partial charge in [0.05, 0.1) is 20.9 Å². The SMILES string of the molecule is C=C[Si](C=C)(C=C)CC[Si](C)(C)CC[Si](C)(C)COC(=O)OCC. The molecule has 0 N–H and O–H groups in total. The quantitative estimate of drug-likeness (QED) is 0.318. The largest absolute Gasteiger partial charge is 0.507 e. The van der Waals surface area contributed by atoms with Crippen molar-refractivity contribution in [3.63, 3.8) is 0 Å². The van der Waals surface area contributed by atoms with E-state index >= 15 is 0 Å². The molecule has 0 aliphatic carbocycles. The molecule has 138 valence electrons. The van der Waals surface area contributed by atoms with Crippen LogP contribution in [-0.4, -0.2) is 43.2 Å². The van der Waals surface area contributed by atoms with E-state index in [4.69, 9.17) is 9.47 Å². The van der Waals surface area contributed by atoms with Crippen LogP contribution in [0.1, 0.15) is 6.92 Å². The topological polar surface area (TPSA) is 35.5 Å². The monoisotopic (exact) mass is 384 g/mol. The molecule has 0 unspecified atom stereocenters. The van der Waals surface area contributed by atoms with Gasteiger partial charge >= 0.3 is 6.16 Å². The molecular weight excluding hydrogens is 348 g/mol. The maximum absolute atomic E-state index is 11.4. The van der Waals surface area contributed by atoms with Gasteiger partial charge in [0.2, 0.25) is 0 Å². The number of carbonyl (C=O) groups excluding carboxylic acids is 1. The van der Waals surface area contributed by atoms with Crippen LogP contribution in [0.25, 0.3) is 0 Å². The van der Waals surface area contributed by atoms with Crippen molar-refractivity contribution in [2.24, 2.45) is 0 Å². The van der Waals surface area contributed by atoms with Gasteiger partial charge in [-0.3, -0.25) is 0 Å². The highest BCUT2D eigenvalue weighted by atomic mass is 28.3. The molecule has 0 spiro atoms. The first-order valence-corrected chi connectivity index (χ1v) is 18.0. The predicted molar refractivity (Wildman–Crippen MR) is 114 cm³/mol. The molecule has 0 rings (SSSR count). The maximum atomic E-state index is 11.4. The van der Waals surface area contributed by atoms with Crippen molar-refractivity contribution in [1.29, 1.82) is 0 Å². The van der Waals surface area contributed by atoms with Gasteiger partial charge in [0.1, 0.15) is 8.07 Å². The van der Waals surface area contributed by atoms with E-state index in [0.29, 0.717) is 12.8 Å². The molecule has 0 aromatic heterocycles. The zero-order valence-corrected chi connectivity index (χ0v) is 19.3. The van der Waals surface area contributed by atoms with Crippen molar-refractivity contribution in [2.75, 3.05) is 12.8 Å². The minimum atomic E-state index is -1.69. The predicted octanol–water partition coefficient (Wildman–Crippen LogP) is 5.74. The average molecular weight is 385 g/mol. The van der Waals surface area contributed by atoms with Crippen molar-refractivity contribution in [2.45, 2.75) is 57.3 Å². The first-order chi connectivity index (χ1) is 11.1. The van der Waals surface area contributed by atoms with Crippen molar-refractivity contribution in [3.05, 3.63) is 36.8 Å². The second-order valence-electron chi connectivity index (χ2n) is 8.02. The van der Waals surface area contributed by atoms with Crippen molar-refractivity contribution in [1.82, 2.24) is 0 Å². The Kier molecular flexibility index (Phi) is 9.84. The first kappa shape index (κ1) is 23.1. The van der Waals surface area contributed by atoms with Crippen LogP contribution in [-0.2, 0) is 9.47 Å². The van der Waals surface area contributed by atoms with E-state index in [9.17, 15) is 4.79 Å². The van der Waals surface area contributed by atoms with Crippen LogP contribution in [0.5, 0.6) is 0 Å². The van der Waals surface area contributed by atoms with Crippen LogP contribution >= 0.6 is 0 Å². The summed E-state index contributed by atoms with van der Waals surface area (Å²) in [7, 11) is -4.52. The Labute approximate surface area is 151 Å². The summed E-state index contributed by atoms with van der Waals surface area (Å²) >= 11 is 0. The third-order valence-corrected chi connectivity index (χ3v) is 14.8. The van der Waals surface area contributed by atoms with Crippen LogP contribution < -0.4 is 0 Å². The average Bonchev–Trinajstić information content (AvgIpc) is 2.54. The first-order valence-electron chi connectivity index (χ1n) is 8.76. The molecule has 3 nitrogen and oxygen atoms in total. The standard InChI is InChI=1S/C18H36O3Si3/c1-9-20-18(19)21-17-23(7,8)14-13-22(5,6)15-16-24(10-2,11-3)12-4/h10-12H,2-4,9,13-17H2,1,5-8H3. The Morgan fingerprint density at radius 3 is 1.75 bits per heavy atom. The molecule has 0 saturated heterocycles. The summed E-state index contributed by atoms with van der Waals surface area (Å²) < 4.78 is 10.1. The molecular formula is C18H36O3Si3. The second kappa shape index (κ2) is 10.2. The van der Waals surface area contributed by atoms with Gasteiger partial charge < -0.3 is 9.47 Å². The normalized spacial score (nSPS) is 12.4. The lowest BCUT2D eigenvalue weighted by Gasteiger charge is -2.30. The van der Waals surface area contributed by atoms with E-state index < -0.39 is 30.4 Å². The minimum absolute atomic E-state index is 0.363. The molecule has 0 heterocycles. The zero-order chi connectivity index (χ0) is 18.9. The van der Waals surface area contributed by atoms with Gasteiger partial charge in [0.25, 0.3) is 0 Å². The Balaban J connectivity index is 4.48. The summed E-state index contributed by atoms with van der Waals surface area (Å²) in [5, 5.41) is 0. The third kappa shape index (κ3) is 8.84. The number of hydrogen-bond acceptors (Lipinski definition) is 3. The molecule has 0 atom stereocenters. The summed E-state index contributed by atoms with van der Waals surface area (Å²) in [6.45, 7) is 23.6. The smallest absolute Gasteiger partial charge is 0.438 e. The van der Waals surface area contributed by atoms with Gasteiger partial charge in [-0.15, -0.1) is 19.7 Å². The van der Waals surface area contributed by atoms with Crippen LogP contribution in [0.2, 0.25) is 50.4 Å². The summed E-state index contributed by atoms with van der Waals surface area (Å²) in [5.41, 5.74) is 6.26. The highest BCUT2D eigenvalue weighted by Gasteiger charge is 2.31. The lowest BCUT2D eigenvalue weighted by molar-refractivity contribution is 0.0702. The zero-order valence-electron chi connectivity index (χ0n) is 16.3. The molecule has 0 aliphatic heterocycles. The second-order valence-corrected chi connectivity index (χ2v) is 22.4. The molecule has 0 radical (unpaired) electrons. The Bertz CT molecular complexity index is 423. The van der Waals surface area contributed by atoms with Crippen LogP contribution in [0, 0.1) is 0 Å². The summed E-state index contributed by atoms with van der Waals surface area (Å²) in [6, 6.07) is 4.90. The molecule has 0 aromatic carbocycles. The fourth-order valence-corrected chi connectivity index (χ4v) is 14.3. The van der Waals surface area contributed by atoms with Gasteiger partial charge in [-0.1, -0.05) is 61.4 Å². The number of rotatable bonds is 12. The van der Waals surface area contributed by atoms with Crippen molar-refractivity contribution < 1.29 is 14.3 Å². The molecule has 0 fully saturated rings. The molecule has 0 aliphatic rings. The summed E-state index contributed by atoms with van der Waals surface area (Å²) in [6.07, 6.45) is 0.00866. The molecule has 6 heteroatoms. The minimum Gasteiger partial charge on any atom is -0.438 e. The van der Waals surface area contributed by atoms with Gasteiger partial charge in [-0.05, 0) is 13.0 Å². The lowest BCUT2D eigenvalue weighted by Crippen LogP contribution is -2.38. The van der Waals surface area contributed by atoms with E-state index in [-0.39, 0.29) is 0 Å².